The maximum absolute atomic E-state index is 12.3. The number of carbonyl (C=O) groups is 3. The molecule has 0 aliphatic carbocycles. The number of nitrogens with one attached hydrogen (secondary N) is 1. The van der Waals surface area contributed by atoms with Gasteiger partial charge in [0.1, 0.15) is 5.75 Å². The van der Waals surface area contributed by atoms with E-state index in [1.54, 1.807) is 19.1 Å². The number of carbonyl (C=O) groups excluding carboxylic acids is 2. The third-order valence-electron chi connectivity index (χ3n) is 3.45. The second-order valence-electron chi connectivity index (χ2n) is 5.75. The van der Waals surface area contributed by atoms with E-state index in [2.05, 4.69) is 5.32 Å². The number of ketones is 2. The van der Waals surface area contributed by atoms with Gasteiger partial charge in [0.15, 0.2) is 5.78 Å². The Morgan fingerprint density at radius 2 is 1.63 bits per heavy atom. The Morgan fingerprint density at radius 3 is 2.19 bits per heavy atom. The van der Waals surface area contributed by atoms with Crippen LogP contribution in [-0.2, 0) is 16.0 Å². The summed E-state index contributed by atoms with van der Waals surface area (Å²) in [5.74, 6) is -2.93. The molecule has 0 heterocycles. The van der Waals surface area contributed by atoms with Gasteiger partial charge in [0, 0.05) is 0 Å². The molecule has 2 aromatic rings. The van der Waals surface area contributed by atoms with Crippen LogP contribution in [0.4, 0.5) is 0 Å². The van der Waals surface area contributed by atoms with E-state index < -0.39 is 24.0 Å². The van der Waals surface area contributed by atoms with E-state index in [1.807, 2.05) is 50.5 Å². The summed E-state index contributed by atoms with van der Waals surface area (Å²) in [7, 11) is 3.75. The van der Waals surface area contributed by atoms with Crippen molar-refractivity contribution in [1.82, 2.24) is 5.32 Å². The molecule has 0 aromatic heterocycles. The number of aliphatic carboxylic acids is 1. The quantitative estimate of drug-likeness (QED) is 0.421. The summed E-state index contributed by atoms with van der Waals surface area (Å²) in [4.78, 5) is 34.3. The number of hydrogen-bond donors (Lipinski definition) is 2. The molecule has 0 saturated carbocycles. The largest absolute Gasteiger partial charge is 0.493 e. The summed E-state index contributed by atoms with van der Waals surface area (Å²) in [6, 6.07) is 14.9. The standard InChI is InChI=1S/C19H18O5.C2H7N/c1-2-24-18-9-8-14(10-13-6-4-3-5-7-13)11-15(18)16(20)12-17(21)19(22)23;1-3-2/h3-9,11H,2,10,12H2,1H3,(H,22,23);3H,1-2H3. The summed E-state index contributed by atoms with van der Waals surface area (Å²) in [5, 5.41) is 11.4. The molecule has 0 aliphatic rings. The van der Waals surface area contributed by atoms with Crippen molar-refractivity contribution in [2.24, 2.45) is 0 Å². The first kappa shape index (κ1) is 22.1. The molecule has 144 valence electrons. The SMILES string of the molecule is CCOc1ccc(Cc2ccccc2)cc1C(=O)CC(=O)C(=O)O.CNC. The van der Waals surface area contributed by atoms with Crippen LogP contribution in [0.3, 0.4) is 0 Å². The van der Waals surface area contributed by atoms with E-state index in [0.29, 0.717) is 18.8 Å². The molecule has 27 heavy (non-hydrogen) atoms. The highest BCUT2D eigenvalue weighted by Gasteiger charge is 2.21. The van der Waals surface area contributed by atoms with Gasteiger partial charge in [-0.1, -0.05) is 36.4 Å². The number of rotatable bonds is 8. The van der Waals surface area contributed by atoms with E-state index in [4.69, 9.17) is 9.84 Å². The normalized spacial score (nSPS) is 9.74. The fourth-order valence-corrected chi connectivity index (χ4v) is 2.33. The van der Waals surface area contributed by atoms with Gasteiger partial charge in [-0.3, -0.25) is 9.59 Å². The second kappa shape index (κ2) is 11.6. The predicted molar refractivity (Wildman–Crippen MR) is 103 cm³/mol. The van der Waals surface area contributed by atoms with Crippen molar-refractivity contribution >= 4 is 17.5 Å². The molecule has 0 bridgehead atoms. The highest BCUT2D eigenvalue weighted by Crippen LogP contribution is 2.23. The fourth-order valence-electron chi connectivity index (χ4n) is 2.33. The van der Waals surface area contributed by atoms with Crippen molar-refractivity contribution in [3.8, 4) is 5.75 Å². The lowest BCUT2D eigenvalue weighted by atomic mass is 9.98. The molecule has 0 amide bonds. The molecule has 2 N–H and O–H groups in total. The highest BCUT2D eigenvalue weighted by atomic mass is 16.5. The second-order valence-corrected chi connectivity index (χ2v) is 5.75. The van der Waals surface area contributed by atoms with E-state index in [0.717, 1.165) is 11.1 Å². The van der Waals surface area contributed by atoms with Crippen LogP contribution in [0.5, 0.6) is 5.75 Å². The third-order valence-corrected chi connectivity index (χ3v) is 3.45. The highest BCUT2D eigenvalue weighted by molar-refractivity contribution is 6.37. The Labute approximate surface area is 159 Å². The van der Waals surface area contributed by atoms with Crippen molar-refractivity contribution < 1.29 is 24.2 Å². The summed E-state index contributed by atoms with van der Waals surface area (Å²) in [6.45, 7) is 2.15. The molecule has 0 aliphatic heterocycles. The lowest BCUT2D eigenvalue weighted by molar-refractivity contribution is -0.148. The topological polar surface area (TPSA) is 92.7 Å². The molecular weight excluding hydrogens is 346 g/mol. The summed E-state index contributed by atoms with van der Waals surface area (Å²) in [6.07, 6.45) is -0.0510. The molecule has 0 radical (unpaired) electrons. The van der Waals surface area contributed by atoms with Crippen LogP contribution in [-0.4, -0.2) is 43.3 Å². The predicted octanol–water partition coefficient (Wildman–Crippen LogP) is 2.74. The average molecular weight is 371 g/mol. The van der Waals surface area contributed by atoms with Gasteiger partial charge < -0.3 is 15.2 Å². The van der Waals surface area contributed by atoms with Crippen LogP contribution in [0.15, 0.2) is 48.5 Å². The molecule has 2 aromatic carbocycles. The van der Waals surface area contributed by atoms with Gasteiger partial charge in [-0.2, -0.15) is 0 Å². The Balaban J connectivity index is 0.00000114. The zero-order valence-electron chi connectivity index (χ0n) is 15.8. The Hall–Kier alpha value is -2.99. The van der Waals surface area contributed by atoms with Crippen LogP contribution in [0.2, 0.25) is 0 Å². The minimum Gasteiger partial charge on any atom is -0.493 e. The zero-order chi connectivity index (χ0) is 20.2. The molecule has 0 unspecified atom stereocenters. The van der Waals surface area contributed by atoms with Crippen LogP contribution in [0.1, 0.15) is 34.8 Å². The summed E-state index contributed by atoms with van der Waals surface area (Å²) < 4.78 is 5.43. The van der Waals surface area contributed by atoms with Crippen molar-refractivity contribution in [3.05, 3.63) is 65.2 Å². The molecule has 0 spiro atoms. The molecule has 6 nitrogen and oxygen atoms in total. The minimum atomic E-state index is -1.61. The monoisotopic (exact) mass is 371 g/mol. The van der Waals surface area contributed by atoms with E-state index in [9.17, 15) is 14.4 Å². The van der Waals surface area contributed by atoms with Gasteiger partial charge in [0.2, 0.25) is 5.78 Å². The summed E-state index contributed by atoms with van der Waals surface area (Å²) >= 11 is 0. The first-order chi connectivity index (χ1) is 12.9. The number of benzene rings is 2. The fraction of sp³-hybridized carbons (Fsp3) is 0.286. The van der Waals surface area contributed by atoms with E-state index >= 15 is 0 Å². The maximum atomic E-state index is 12.3. The van der Waals surface area contributed by atoms with E-state index in [1.165, 1.54) is 0 Å². The van der Waals surface area contributed by atoms with E-state index in [-0.39, 0.29) is 5.56 Å². The van der Waals surface area contributed by atoms with Gasteiger partial charge >= 0.3 is 5.97 Å². The smallest absolute Gasteiger partial charge is 0.372 e. The number of carboxylic acids is 1. The lowest BCUT2D eigenvalue weighted by Crippen LogP contribution is -2.18. The van der Waals surface area contributed by atoms with Crippen LogP contribution in [0, 0.1) is 0 Å². The maximum Gasteiger partial charge on any atom is 0.372 e. The average Bonchev–Trinajstić information content (AvgIpc) is 2.64. The third kappa shape index (κ3) is 7.42. The van der Waals surface area contributed by atoms with Gasteiger partial charge in [0.05, 0.1) is 18.6 Å². The molecule has 6 heteroatoms. The van der Waals surface area contributed by atoms with Gasteiger partial charge in [0.25, 0.3) is 0 Å². The van der Waals surface area contributed by atoms with Gasteiger partial charge in [-0.05, 0) is 50.7 Å². The number of ether oxygens (including phenoxy) is 1. The van der Waals surface area contributed by atoms with Crippen molar-refractivity contribution in [2.45, 2.75) is 19.8 Å². The van der Waals surface area contributed by atoms with Crippen molar-refractivity contribution in [1.29, 1.82) is 0 Å². The summed E-state index contributed by atoms with van der Waals surface area (Å²) in [5.41, 5.74) is 2.21. The zero-order valence-corrected chi connectivity index (χ0v) is 15.8. The molecule has 2 rings (SSSR count). The first-order valence-electron chi connectivity index (χ1n) is 8.60. The van der Waals surface area contributed by atoms with Crippen molar-refractivity contribution in [3.63, 3.8) is 0 Å². The number of Topliss-reactive ketones (excluding diaryl/α,β-unsaturated/α-hetero) is 2. The first-order valence-corrected chi connectivity index (χ1v) is 8.60. The molecule has 0 fully saturated rings. The minimum absolute atomic E-state index is 0.236. The molecular formula is C21H25NO5. The van der Waals surface area contributed by atoms with Gasteiger partial charge in [-0.25, -0.2) is 4.79 Å². The van der Waals surface area contributed by atoms with Crippen LogP contribution >= 0.6 is 0 Å². The number of carboxylic acid groups (broad SMARTS) is 1. The Morgan fingerprint density at radius 1 is 1.00 bits per heavy atom. The van der Waals surface area contributed by atoms with Gasteiger partial charge in [-0.15, -0.1) is 0 Å². The Kier molecular flexibility index (Phi) is 9.47. The molecule has 0 saturated heterocycles. The molecule has 0 atom stereocenters. The van der Waals surface area contributed by atoms with Crippen LogP contribution < -0.4 is 10.1 Å². The lowest BCUT2D eigenvalue weighted by Gasteiger charge is -2.11. The van der Waals surface area contributed by atoms with Crippen LogP contribution in [0.25, 0.3) is 0 Å². The Bertz CT molecular complexity index is 771. The number of hydrogen-bond acceptors (Lipinski definition) is 5. The van der Waals surface area contributed by atoms with Crippen molar-refractivity contribution in [2.75, 3.05) is 20.7 Å².